The molecule has 21 heavy (non-hydrogen) atoms. The third-order valence-corrected chi connectivity index (χ3v) is 3.24. The molecule has 0 bridgehead atoms. The van der Waals surface area contributed by atoms with Crippen LogP contribution in [0.25, 0.3) is 0 Å². The number of unbranched alkanes of at least 4 members (excludes halogenated alkanes) is 1. The molecule has 0 aliphatic rings. The van der Waals surface area contributed by atoms with E-state index in [-0.39, 0.29) is 11.3 Å². The highest BCUT2D eigenvalue weighted by molar-refractivity contribution is 5.94. The van der Waals surface area contributed by atoms with Crippen molar-refractivity contribution < 1.29 is 14.8 Å². The van der Waals surface area contributed by atoms with E-state index in [1.54, 1.807) is 6.07 Å². The Morgan fingerprint density at radius 1 is 1.38 bits per heavy atom. The SMILES string of the molecule is CC(C)CCCCNCc1cccc([N+](=O)[O-])c1C(=O)O. The second-order valence-corrected chi connectivity index (χ2v) is 5.44. The normalized spacial score (nSPS) is 10.8. The van der Waals surface area contributed by atoms with Crippen molar-refractivity contribution >= 4 is 11.7 Å². The number of nitro groups is 1. The maximum atomic E-state index is 11.2. The first-order chi connectivity index (χ1) is 9.93. The lowest BCUT2D eigenvalue weighted by Gasteiger charge is -2.09. The maximum Gasteiger partial charge on any atom is 0.343 e. The van der Waals surface area contributed by atoms with Crippen molar-refractivity contribution in [1.29, 1.82) is 0 Å². The Morgan fingerprint density at radius 2 is 2.10 bits per heavy atom. The van der Waals surface area contributed by atoms with E-state index in [0.29, 0.717) is 18.0 Å². The number of benzene rings is 1. The van der Waals surface area contributed by atoms with Gasteiger partial charge in [-0.1, -0.05) is 38.8 Å². The summed E-state index contributed by atoms with van der Waals surface area (Å²) in [5.41, 5.74) is -0.139. The van der Waals surface area contributed by atoms with Gasteiger partial charge in [-0.25, -0.2) is 4.79 Å². The van der Waals surface area contributed by atoms with Crippen molar-refractivity contribution in [3.05, 3.63) is 39.4 Å². The molecule has 0 heterocycles. The third-order valence-electron chi connectivity index (χ3n) is 3.24. The van der Waals surface area contributed by atoms with Crippen LogP contribution in [0.15, 0.2) is 18.2 Å². The van der Waals surface area contributed by atoms with Crippen molar-refractivity contribution in [2.24, 2.45) is 5.92 Å². The molecule has 0 aromatic heterocycles. The lowest BCUT2D eigenvalue weighted by atomic mass is 10.0. The Balaban J connectivity index is 2.61. The summed E-state index contributed by atoms with van der Waals surface area (Å²) in [6.45, 7) is 5.45. The molecule has 0 aliphatic carbocycles. The fraction of sp³-hybridized carbons (Fsp3) is 0.533. The van der Waals surface area contributed by atoms with Crippen LogP contribution in [0.2, 0.25) is 0 Å². The molecule has 0 atom stereocenters. The highest BCUT2D eigenvalue weighted by Gasteiger charge is 2.22. The lowest BCUT2D eigenvalue weighted by molar-refractivity contribution is -0.385. The molecule has 1 rings (SSSR count). The van der Waals surface area contributed by atoms with Gasteiger partial charge in [0.25, 0.3) is 5.69 Å². The third kappa shape index (κ3) is 5.51. The highest BCUT2D eigenvalue weighted by Crippen LogP contribution is 2.22. The van der Waals surface area contributed by atoms with Gasteiger partial charge in [0.15, 0.2) is 0 Å². The molecule has 0 saturated carbocycles. The molecule has 0 saturated heterocycles. The van der Waals surface area contributed by atoms with E-state index in [1.165, 1.54) is 18.6 Å². The Morgan fingerprint density at radius 3 is 2.67 bits per heavy atom. The molecule has 0 amide bonds. The van der Waals surface area contributed by atoms with Gasteiger partial charge in [-0.3, -0.25) is 10.1 Å². The van der Waals surface area contributed by atoms with E-state index < -0.39 is 10.9 Å². The van der Waals surface area contributed by atoms with Crippen molar-refractivity contribution in [3.8, 4) is 0 Å². The first kappa shape index (κ1) is 17.1. The number of hydrogen-bond donors (Lipinski definition) is 2. The van der Waals surface area contributed by atoms with Gasteiger partial charge in [0.1, 0.15) is 5.56 Å². The average Bonchev–Trinajstić information content (AvgIpc) is 2.41. The molecule has 0 unspecified atom stereocenters. The van der Waals surface area contributed by atoms with Gasteiger partial charge >= 0.3 is 5.97 Å². The Labute approximate surface area is 124 Å². The van der Waals surface area contributed by atoms with Crippen LogP contribution in [0.1, 0.15) is 49.0 Å². The van der Waals surface area contributed by atoms with Crippen LogP contribution in [0, 0.1) is 16.0 Å². The lowest BCUT2D eigenvalue weighted by Crippen LogP contribution is -2.18. The molecular formula is C15H22N2O4. The topological polar surface area (TPSA) is 92.5 Å². The zero-order chi connectivity index (χ0) is 15.8. The summed E-state index contributed by atoms with van der Waals surface area (Å²) >= 11 is 0. The van der Waals surface area contributed by atoms with E-state index in [9.17, 15) is 14.9 Å². The number of carboxylic acids is 1. The van der Waals surface area contributed by atoms with Crippen LogP contribution in [0.5, 0.6) is 0 Å². The molecule has 1 aromatic carbocycles. The summed E-state index contributed by atoms with van der Waals surface area (Å²) < 4.78 is 0. The first-order valence-electron chi connectivity index (χ1n) is 7.13. The van der Waals surface area contributed by atoms with Crippen LogP contribution in [0.3, 0.4) is 0 Å². The second-order valence-electron chi connectivity index (χ2n) is 5.44. The number of aromatic carboxylic acids is 1. The molecule has 2 N–H and O–H groups in total. The predicted molar refractivity (Wildman–Crippen MR) is 80.5 cm³/mol. The van der Waals surface area contributed by atoms with Crippen molar-refractivity contribution in [2.45, 2.75) is 39.7 Å². The molecule has 6 nitrogen and oxygen atoms in total. The molecule has 0 aliphatic heterocycles. The molecular weight excluding hydrogens is 272 g/mol. The van der Waals surface area contributed by atoms with Gasteiger partial charge in [-0.2, -0.15) is 0 Å². The number of nitrogens with zero attached hydrogens (tertiary/aromatic N) is 1. The minimum absolute atomic E-state index is 0.225. The van der Waals surface area contributed by atoms with E-state index in [1.807, 2.05) is 0 Å². The van der Waals surface area contributed by atoms with Crippen LogP contribution < -0.4 is 5.32 Å². The largest absolute Gasteiger partial charge is 0.477 e. The second kappa shape index (κ2) is 8.36. The minimum Gasteiger partial charge on any atom is -0.477 e. The number of nitrogens with one attached hydrogen (secondary N) is 1. The van der Waals surface area contributed by atoms with E-state index in [2.05, 4.69) is 19.2 Å². The van der Waals surface area contributed by atoms with Gasteiger partial charge in [0.2, 0.25) is 0 Å². The Bertz CT molecular complexity index is 500. The number of carboxylic acid groups (broad SMARTS) is 1. The molecule has 6 heteroatoms. The summed E-state index contributed by atoms with van der Waals surface area (Å²) in [4.78, 5) is 21.4. The van der Waals surface area contributed by atoms with Gasteiger partial charge in [0.05, 0.1) is 4.92 Å². The van der Waals surface area contributed by atoms with Crippen LogP contribution in [-0.2, 0) is 6.54 Å². The standard InChI is InChI=1S/C15H22N2O4/c1-11(2)6-3-4-9-16-10-12-7-5-8-13(17(20)21)14(12)15(18)19/h5,7-8,11,16H,3-4,6,9-10H2,1-2H3,(H,18,19). The first-order valence-corrected chi connectivity index (χ1v) is 7.13. The molecule has 0 radical (unpaired) electrons. The summed E-state index contributed by atoms with van der Waals surface area (Å²) in [5.74, 6) is -0.584. The van der Waals surface area contributed by atoms with Crippen molar-refractivity contribution in [2.75, 3.05) is 6.54 Å². The number of carbonyl (C=O) groups is 1. The summed E-state index contributed by atoms with van der Waals surface area (Å²) in [6.07, 6.45) is 3.29. The fourth-order valence-electron chi connectivity index (χ4n) is 2.16. The molecule has 1 aromatic rings. The van der Waals surface area contributed by atoms with Gasteiger partial charge in [-0.15, -0.1) is 0 Å². The van der Waals surface area contributed by atoms with Crippen LogP contribution >= 0.6 is 0 Å². The van der Waals surface area contributed by atoms with E-state index in [4.69, 9.17) is 5.11 Å². The predicted octanol–water partition coefficient (Wildman–Crippen LogP) is 3.21. The fourth-order valence-corrected chi connectivity index (χ4v) is 2.16. The summed E-state index contributed by atoms with van der Waals surface area (Å²) in [7, 11) is 0. The number of rotatable bonds is 9. The smallest absolute Gasteiger partial charge is 0.343 e. The Hall–Kier alpha value is -1.95. The maximum absolute atomic E-state index is 11.2. The van der Waals surface area contributed by atoms with E-state index in [0.717, 1.165) is 19.4 Å². The number of nitro benzene ring substituents is 1. The van der Waals surface area contributed by atoms with E-state index >= 15 is 0 Å². The van der Waals surface area contributed by atoms with Crippen LogP contribution in [-0.4, -0.2) is 22.5 Å². The van der Waals surface area contributed by atoms with Crippen LogP contribution in [0.4, 0.5) is 5.69 Å². The highest BCUT2D eigenvalue weighted by atomic mass is 16.6. The molecule has 0 fully saturated rings. The zero-order valence-electron chi connectivity index (χ0n) is 12.5. The van der Waals surface area contributed by atoms with Gasteiger partial charge in [0, 0.05) is 12.6 Å². The minimum atomic E-state index is -1.26. The van der Waals surface area contributed by atoms with Gasteiger partial charge in [-0.05, 0) is 24.4 Å². The van der Waals surface area contributed by atoms with Crippen molar-refractivity contribution in [1.82, 2.24) is 5.32 Å². The average molecular weight is 294 g/mol. The number of hydrogen-bond acceptors (Lipinski definition) is 4. The van der Waals surface area contributed by atoms with Gasteiger partial charge < -0.3 is 10.4 Å². The zero-order valence-corrected chi connectivity index (χ0v) is 12.5. The monoisotopic (exact) mass is 294 g/mol. The molecule has 116 valence electrons. The summed E-state index contributed by atoms with van der Waals surface area (Å²) in [6, 6.07) is 4.34. The summed E-state index contributed by atoms with van der Waals surface area (Å²) in [5, 5.41) is 23.2. The Kier molecular flexibility index (Phi) is 6.81. The quantitative estimate of drug-likeness (QED) is 0.414. The molecule has 0 spiro atoms. The van der Waals surface area contributed by atoms with Crippen molar-refractivity contribution in [3.63, 3.8) is 0 Å².